The Hall–Kier alpha value is -2.02. The number of rotatable bonds is 5. The van der Waals surface area contributed by atoms with Gasteiger partial charge in [-0.1, -0.05) is 18.2 Å². The van der Waals surface area contributed by atoms with E-state index in [0.717, 1.165) is 49.2 Å². The number of anilines is 1. The molecule has 0 bridgehead atoms. The summed E-state index contributed by atoms with van der Waals surface area (Å²) in [7, 11) is 0. The topological polar surface area (TPSA) is 52.2 Å². The van der Waals surface area contributed by atoms with E-state index in [1.807, 2.05) is 30.3 Å². The molecule has 1 N–H and O–H groups in total. The van der Waals surface area contributed by atoms with Crippen molar-refractivity contribution in [3.8, 4) is 23.0 Å². The number of nitrogens with zero attached hydrogens (tertiary/aromatic N) is 1. The zero-order chi connectivity index (χ0) is 19.5. The van der Waals surface area contributed by atoms with Gasteiger partial charge in [-0.2, -0.15) is 0 Å². The van der Waals surface area contributed by atoms with E-state index in [1.165, 1.54) is 18.5 Å². The monoisotopic (exact) mass is 468 g/mol. The quantitative estimate of drug-likeness (QED) is 0.716. The Balaban J connectivity index is 0.00000136. The summed E-state index contributed by atoms with van der Waals surface area (Å²) in [4.78, 5) is 2.43. The first kappa shape index (κ1) is 23.6. The molecule has 0 amide bonds. The predicted molar refractivity (Wildman–Crippen MR) is 126 cm³/mol. The molecule has 3 aliphatic rings. The zero-order valence-electron chi connectivity index (χ0n) is 17.5. The first-order valence-electron chi connectivity index (χ1n) is 10.6. The molecule has 0 aromatic heterocycles. The Morgan fingerprint density at radius 2 is 1.55 bits per heavy atom. The van der Waals surface area contributed by atoms with Crippen LogP contribution in [0.5, 0.6) is 23.0 Å². The number of piperidine rings is 1. The molecule has 2 aromatic carbocycles. The van der Waals surface area contributed by atoms with Crippen molar-refractivity contribution in [2.45, 2.75) is 18.9 Å². The third kappa shape index (κ3) is 5.43. The Kier molecular flexibility index (Phi) is 8.41. The molecule has 1 unspecified atom stereocenters. The van der Waals surface area contributed by atoms with E-state index < -0.39 is 0 Å². The summed E-state index contributed by atoms with van der Waals surface area (Å²) in [6, 6.07) is 14.1. The van der Waals surface area contributed by atoms with Crippen molar-refractivity contribution in [1.82, 2.24) is 5.32 Å². The van der Waals surface area contributed by atoms with Crippen LogP contribution in [-0.4, -0.2) is 52.1 Å². The maximum atomic E-state index is 6.03. The van der Waals surface area contributed by atoms with Gasteiger partial charge in [0.2, 0.25) is 0 Å². The molecule has 2 aromatic rings. The van der Waals surface area contributed by atoms with Crippen LogP contribution in [0.3, 0.4) is 0 Å². The molecule has 8 heteroatoms. The van der Waals surface area contributed by atoms with E-state index in [0.29, 0.717) is 25.7 Å². The Morgan fingerprint density at radius 3 is 2.39 bits per heavy atom. The van der Waals surface area contributed by atoms with Gasteiger partial charge in [-0.25, -0.2) is 0 Å². The first-order chi connectivity index (χ1) is 14.4. The number of para-hydroxylation sites is 3. The smallest absolute Gasteiger partial charge is 0.184 e. The number of halogens is 2. The molecule has 0 aliphatic carbocycles. The van der Waals surface area contributed by atoms with E-state index in [4.69, 9.17) is 18.9 Å². The van der Waals surface area contributed by atoms with Crippen molar-refractivity contribution in [2.75, 3.05) is 50.9 Å². The van der Waals surface area contributed by atoms with E-state index in [9.17, 15) is 0 Å². The van der Waals surface area contributed by atoms with Crippen LogP contribution >= 0.6 is 24.8 Å². The molecule has 1 fully saturated rings. The Bertz CT molecular complexity index is 846. The van der Waals surface area contributed by atoms with Gasteiger partial charge in [0.05, 0.1) is 5.69 Å². The molecular weight excluding hydrogens is 439 g/mol. The number of ether oxygens (including phenoxy) is 4. The first-order valence-corrected chi connectivity index (χ1v) is 10.6. The van der Waals surface area contributed by atoms with Crippen LogP contribution in [0, 0.1) is 5.92 Å². The van der Waals surface area contributed by atoms with Crippen LogP contribution in [-0.2, 0) is 0 Å². The molecule has 6 nitrogen and oxygen atoms in total. The average molecular weight is 469 g/mol. The highest BCUT2D eigenvalue weighted by Crippen LogP contribution is 2.40. The van der Waals surface area contributed by atoms with E-state index >= 15 is 0 Å². The van der Waals surface area contributed by atoms with Gasteiger partial charge < -0.3 is 29.2 Å². The van der Waals surface area contributed by atoms with E-state index in [1.54, 1.807) is 0 Å². The maximum Gasteiger partial charge on any atom is 0.184 e. The minimum Gasteiger partial charge on any atom is -0.486 e. The molecular formula is C23H30Cl2N2O4. The van der Waals surface area contributed by atoms with Crippen molar-refractivity contribution < 1.29 is 18.9 Å². The normalized spacial score (nSPS) is 19.7. The standard InChI is InChI=1S/C23H28N2O4.2ClH/c1-2-6-21-20(5-1)28-16-18(29-21)15-24-14-17-8-10-25(11-9-17)19-4-3-7-22-23(19)27-13-12-26-22;;/h1-7,17-18,24H,8-16H2;2*1H. The number of hydrogen-bond acceptors (Lipinski definition) is 6. The second-order valence-corrected chi connectivity index (χ2v) is 7.89. The van der Waals surface area contributed by atoms with Gasteiger partial charge in [0.25, 0.3) is 0 Å². The van der Waals surface area contributed by atoms with Gasteiger partial charge in [0.1, 0.15) is 25.9 Å². The fourth-order valence-electron chi connectivity index (χ4n) is 4.30. The second-order valence-electron chi connectivity index (χ2n) is 7.89. The molecule has 1 atom stereocenters. The summed E-state index contributed by atoms with van der Waals surface area (Å²) in [6.45, 7) is 5.77. The van der Waals surface area contributed by atoms with Crippen molar-refractivity contribution in [2.24, 2.45) is 5.92 Å². The molecule has 0 saturated carbocycles. The van der Waals surface area contributed by atoms with E-state index in [-0.39, 0.29) is 30.9 Å². The van der Waals surface area contributed by atoms with Crippen molar-refractivity contribution in [3.05, 3.63) is 42.5 Å². The number of hydrogen-bond donors (Lipinski definition) is 1. The predicted octanol–water partition coefficient (Wildman–Crippen LogP) is 3.95. The van der Waals surface area contributed by atoms with Crippen molar-refractivity contribution in [3.63, 3.8) is 0 Å². The summed E-state index contributed by atoms with van der Waals surface area (Å²) >= 11 is 0. The molecule has 3 aliphatic heterocycles. The van der Waals surface area contributed by atoms with Crippen molar-refractivity contribution >= 4 is 30.5 Å². The third-order valence-corrected chi connectivity index (χ3v) is 5.87. The Morgan fingerprint density at radius 1 is 0.806 bits per heavy atom. The van der Waals surface area contributed by atoms with Crippen LogP contribution in [0.15, 0.2) is 42.5 Å². The molecule has 5 rings (SSSR count). The van der Waals surface area contributed by atoms with Crippen LogP contribution in [0.1, 0.15) is 12.8 Å². The van der Waals surface area contributed by atoms with Crippen molar-refractivity contribution in [1.29, 1.82) is 0 Å². The van der Waals surface area contributed by atoms with Gasteiger partial charge in [-0.3, -0.25) is 0 Å². The number of fused-ring (bicyclic) bond motifs is 2. The summed E-state index contributed by atoms with van der Waals surface area (Å²) in [6.07, 6.45) is 2.41. The maximum absolute atomic E-state index is 6.03. The molecule has 0 radical (unpaired) electrons. The molecule has 0 spiro atoms. The van der Waals surface area contributed by atoms with Gasteiger partial charge in [0.15, 0.2) is 23.0 Å². The van der Waals surface area contributed by atoms with Crippen LogP contribution in [0.25, 0.3) is 0 Å². The lowest BCUT2D eigenvalue weighted by Gasteiger charge is -2.35. The lowest BCUT2D eigenvalue weighted by atomic mass is 9.96. The minimum absolute atomic E-state index is 0. The SMILES string of the molecule is Cl.Cl.c1ccc2c(c1)OCC(CNCC1CCN(c3cccc4c3OCCO4)CC1)O2. The van der Waals surface area contributed by atoms with Gasteiger partial charge >= 0.3 is 0 Å². The third-order valence-electron chi connectivity index (χ3n) is 5.87. The highest BCUT2D eigenvalue weighted by atomic mass is 35.5. The fraction of sp³-hybridized carbons (Fsp3) is 0.478. The largest absolute Gasteiger partial charge is 0.486 e. The van der Waals surface area contributed by atoms with Crippen LogP contribution < -0.4 is 29.2 Å². The lowest BCUT2D eigenvalue weighted by molar-refractivity contribution is 0.0894. The summed E-state index contributed by atoms with van der Waals surface area (Å²) in [5.41, 5.74) is 1.17. The number of nitrogens with one attached hydrogen (secondary N) is 1. The lowest BCUT2D eigenvalue weighted by Crippen LogP contribution is -2.42. The summed E-state index contributed by atoms with van der Waals surface area (Å²) < 4.78 is 23.4. The van der Waals surface area contributed by atoms with Gasteiger partial charge in [0, 0.05) is 19.6 Å². The van der Waals surface area contributed by atoms with E-state index in [2.05, 4.69) is 22.3 Å². The molecule has 3 heterocycles. The van der Waals surface area contributed by atoms with Crippen LogP contribution in [0.2, 0.25) is 0 Å². The Labute approximate surface area is 196 Å². The minimum atomic E-state index is 0. The molecule has 1 saturated heterocycles. The van der Waals surface area contributed by atoms with Gasteiger partial charge in [-0.15, -0.1) is 24.8 Å². The zero-order valence-corrected chi connectivity index (χ0v) is 19.1. The highest BCUT2D eigenvalue weighted by Gasteiger charge is 2.25. The molecule has 31 heavy (non-hydrogen) atoms. The van der Waals surface area contributed by atoms with Gasteiger partial charge in [-0.05, 0) is 49.6 Å². The summed E-state index contributed by atoms with van der Waals surface area (Å²) in [5.74, 6) is 4.14. The average Bonchev–Trinajstić information content (AvgIpc) is 2.79. The number of benzene rings is 2. The van der Waals surface area contributed by atoms with Crippen LogP contribution in [0.4, 0.5) is 5.69 Å². The molecule has 170 valence electrons. The second kappa shape index (κ2) is 11.0. The fourth-order valence-corrected chi connectivity index (χ4v) is 4.30. The summed E-state index contributed by atoms with van der Waals surface area (Å²) in [5, 5.41) is 3.59. The highest BCUT2D eigenvalue weighted by molar-refractivity contribution is 5.85.